The second-order valence-electron chi connectivity index (χ2n) is 8.67. The van der Waals surface area contributed by atoms with Crippen LogP contribution in [0.3, 0.4) is 0 Å². The molecule has 35 heavy (non-hydrogen) atoms. The normalized spacial score (nSPS) is 11.2. The molecule has 0 aliphatic heterocycles. The highest BCUT2D eigenvalue weighted by Crippen LogP contribution is 2.42. The maximum Gasteiger partial charge on any atom is 0.205 e. The number of fused-ring (bicyclic) bond motifs is 2. The Hall–Kier alpha value is -4.28. The maximum absolute atomic E-state index is 13.4. The average Bonchev–Trinajstić information content (AvgIpc) is 3.24. The molecule has 4 aromatic carbocycles. The van der Waals surface area contributed by atoms with Gasteiger partial charge in [0.05, 0.1) is 11.4 Å². The van der Waals surface area contributed by atoms with Crippen LogP contribution in [0.4, 0.5) is 5.69 Å². The van der Waals surface area contributed by atoms with Crippen LogP contribution < -0.4 is 5.73 Å². The summed E-state index contributed by atoms with van der Waals surface area (Å²) in [7, 11) is 0. The van der Waals surface area contributed by atoms with E-state index in [0.29, 0.717) is 16.1 Å². The first-order chi connectivity index (χ1) is 17.1. The number of carbonyl (C=O) groups excluding carboxylic acids is 1. The third kappa shape index (κ3) is 3.69. The summed E-state index contributed by atoms with van der Waals surface area (Å²) in [5, 5.41) is 3.14. The van der Waals surface area contributed by atoms with Gasteiger partial charge in [-0.2, -0.15) is 0 Å². The van der Waals surface area contributed by atoms with E-state index in [1.807, 2.05) is 61.5 Å². The summed E-state index contributed by atoms with van der Waals surface area (Å²) >= 11 is 1.37. The van der Waals surface area contributed by atoms with Gasteiger partial charge in [-0.25, -0.2) is 4.98 Å². The maximum atomic E-state index is 13.4. The van der Waals surface area contributed by atoms with Crippen LogP contribution in [0.15, 0.2) is 103 Å². The Labute approximate surface area is 207 Å². The lowest BCUT2D eigenvalue weighted by atomic mass is 9.96. The van der Waals surface area contributed by atoms with Crippen LogP contribution in [-0.4, -0.2) is 10.8 Å². The summed E-state index contributed by atoms with van der Waals surface area (Å²) in [6.45, 7) is 2.01. The van der Waals surface area contributed by atoms with Gasteiger partial charge in [0.25, 0.3) is 0 Å². The molecule has 0 aliphatic carbocycles. The SMILES string of the molecule is Cc1ccc(C(=O)c2sc3nc(-c4cccc5ccccc45)cc(-c4ccccc4)c3c2N)cc1. The lowest BCUT2D eigenvalue weighted by molar-refractivity contribution is 0.104. The number of hydrogen-bond donors (Lipinski definition) is 1. The summed E-state index contributed by atoms with van der Waals surface area (Å²) in [4.78, 5) is 19.8. The van der Waals surface area contributed by atoms with Crippen molar-refractivity contribution >= 4 is 43.8 Å². The minimum absolute atomic E-state index is 0.0729. The van der Waals surface area contributed by atoms with Crippen molar-refractivity contribution in [1.82, 2.24) is 4.98 Å². The van der Waals surface area contributed by atoms with Crippen molar-refractivity contribution in [3.63, 3.8) is 0 Å². The number of nitrogens with zero attached hydrogens (tertiary/aromatic N) is 1. The van der Waals surface area contributed by atoms with Crippen LogP contribution in [0.25, 0.3) is 43.4 Å². The van der Waals surface area contributed by atoms with Crippen LogP contribution >= 0.6 is 11.3 Å². The van der Waals surface area contributed by atoms with E-state index in [1.54, 1.807) is 0 Å². The minimum atomic E-state index is -0.0729. The van der Waals surface area contributed by atoms with Crippen molar-refractivity contribution in [2.45, 2.75) is 6.92 Å². The van der Waals surface area contributed by atoms with Crippen LogP contribution in [0.2, 0.25) is 0 Å². The second-order valence-corrected chi connectivity index (χ2v) is 9.67. The molecule has 2 heterocycles. The van der Waals surface area contributed by atoms with Gasteiger partial charge in [0.2, 0.25) is 5.78 Å². The van der Waals surface area contributed by atoms with Gasteiger partial charge in [-0.15, -0.1) is 11.3 Å². The highest BCUT2D eigenvalue weighted by atomic mass is 32.1. The van der Waals surface area contributed by atoms with Gasteiger partial charge in [0.15, 0.2) is 0 Å². The van der Waals surface area contributed by atoms with Crippen molar-refractivity contribution in [3.05, 3.63) is 119 Å². The van der Waals surface area contributed by atoms with Gasteiger partial charge in [-0.1, -0.05) is 103 Å². The van der Waals surface area contributed by atoms with Crippen molar-refractivity contribution in [3.8, 4) is 22.4 Å². The molecule has 2 aromatic heterocycles. The van der Waals surface area contributed by atoms with Crippen LogP contribution in [-0.2, 0) is 0 Å². The van der Waals surface area contributed by atoms with E-state index in [2.05, 4.69) is 48.5 Å². The molecule has 2 N–H and O–H groups in total. The number of nitrogens with two attached hydrogens (primary N) is 1. The topological polar surface area (TPSA) is 56.0 Å². The van der Waals surface area contributed by atoms with Gasteiger partial charge >= 0.3 is 0 Å². The molecule has 168 valence electrons. The third-order valence-corrected chi connectivity index (χ3v) is 7.47. The Balaban J connectivity index is 1.62. The van der Waals surface area contributed by atoms with Crippen molar-refractivity contribution in [2.24, 2.45) is 0 Å². The quantitative estimate of drug-likeness (QED) is 0.266. The number of pyridine rings is 1. The smallest absolute Gasteiger partial charge is 0.205 e. The number of aromatic nitrogens is 1. The van der Waals surface area contributed by atoms with Gasteiger partial charge in [-0.3, -0.25) is 4.79 Å². The zero-order valence-electron chi connectivity index (χ0n) is 19.2. The largest absolute Gasteiger partial charge is 0.397 e. The monoisotopic (exact) mass is 470 g/mol. The molecule has 0 amide bonds. The predicted octanol–water partition coefficient (Wildman–Crippen LogP) is 7.91. The van der Waals surface area contributed by atoms with E-state index in [9.17, 15) is 4.79 Å². The third-order valence-electron chi connectivity index (χ3n) is 6.37. The van der Waals surface area contributed by atoms with E-state index < -0.39 is 0 Å². The lowest BCUT2D eigenvalue weighted by Gasteiger charge is -2.11. The summed E-state index contributed by atoms with van der Waals surface area (Å²) < 4.78 is 0. The average molecular weight is 471 g/mol. The van der Waals surface area contributed by atoms with Crippen LogP contribution in [0.5, 0.6) is 0 Å². The van der Waals surface area contributed by atoms with Crippen molar-refractivity contribution < 1.29 is 4.79 Å². The molecule has 6 rings (SSSR count). The second kappa shape index (κ2) is 8.49. The summed E-state index contributed by atoms with van der Waals surface area (Å²) in [6.07, 6.45) is 0. The van der Waals surface area contributed by atoms with Gasteiger partial charge < -0.3 is 5.73 Å². The molecular formula is C31H22N2OS. The highest BCUT2D eigenvalue weighted by Gasteiger charge is 2.22. The van der Waals surface area contributed by atoms with E-state index in [4.69, 9.17) is 10.7 Å². The number of thiophene rings is 1. The molecule has 0 atom stereocenters. The zero-order valence-corrected chi connectivity index (χ0v) is 20.0. The Morgan fingerprint density at radius 1 is 0.800 bits per heavy atom. The first kappa shape index (κ1) is 21.3. The molecule has 6 aromatic rings. The fraction of sp³-hybridized carbons (Fsp3) is 0.0323. The fourth-order valence-corrected chi connectivity index (χ4v) is 5.64. The standard InChI is InChI=1S/C31H22N2OS/c1-19-14-16-22(17-15-19)29(34)30-28(32)27-25(21-8-3-2-4-9-21)18-26(33-31(27)35-30)24-13-7-11-20-10-5-6-12-23(20)24/h2-18H,32H2,1H3. The minimum Gasteiger partial charge on any atom is -0.397 e. The first-order valence-corrected chi connectivity index (χ1v) is 12.3. The summed E-state index contributed by atoms with van der Waals surface area (Å²) in [6, 6.07) is 34.4. The molecule has 0 saturated heterocycles. The van der Waals surface area contributed by atoms with Crippen LogP contribution in [0, 0.1) is 6.92 Å². The number of nitrogen functional groups attached to an aromatic ring is 1. The number of rotatable bonds is 4. The fourth-order valence-electron chi connectivity index (χ4n) is 4.56. The lowest BCUT2D eigenvalue weighted by Crippen LogP contribution is -2.02. The molecule has 3 nitrogen and oxygen atoms in total. The van der Waals surface area contributed by atoms with E-state index in [-0.39, 0.29) is 5.78 Å². The Morgan fingerprint density at radius 2 is 1.51 bits per heavy atom. The number of benzene rings is 4. The molecule has 0 fully saturated rings. The van der Waals surface area contributed by atoms with E-state index in [0.717, 1.165) is 48.9 Å². The van der Waals surface area contributed by atoms with Crippen molar-refractivity contribution in [2.75, 3.05) is 5.73 Å². The molecule has 0 aliphatic rings. The van der Waals surface area contributed by atoms with Crippen LogP contribution in [0.1, 0.15) is 20.8 Å². The molecule has 0 radical (unpaired) electrons. The molecular weight excluding hydrogens is 448 g/mol. The number of anilines is 1. The summed E-state index contributed by atoms with van der Waals surface area (Å²) in [5.41, 5.74) is 12.8. The Kier molecular flexibility index (Phi) is 5.16. The number of aryl methyl sites for hydroxylation is 1. The predicted molar refractivity (Wildman–Crippen MR) is 147 cm³/mol. The number of hydrogen-bond acceptors (Lipinski definition) is 4. The first-order valence-electron chi connectivity index (χ1n) is 11.5. The highest BCUT2D eigenvalue weighted by molar-refractivity contribution is 7.21. The summed E-state index contributed by atoms with van der Waals surface area (Å²) in [5.74, 6) is -0.0729. The molecule has 0 spiro atoms. The Bertz CT molecular complexity index is 1710. The van der Waals surface area contributed by atoms with Gasteiger partial charge in [0, 0.05) is 16.5 Å². The molecule has 4 heteroatoms. The molecule has 0 saturated carbocycles. The number of ketones is 1. The number of carbonyl (C=O) groups is 1. The molecule has 0 unspecified atom stereocenters. The Morgan fingerprint density at radius 3 is 2.31 bits per heavy atom. The zero-order chi connectivity index (χ0) is 23.9. The van der Waals surface area contributed by atoms with E-state index >= 15 is 0 Å². The van der Waals surface area contributed by atoms with Gasteiger partial charge in [-0.05, 0) is 34.9 Å². The molecule has 0 bridgehead atoms. The van der Waals surface area contributed by atoms with Gasteiger partial charge in [0.1, 0.15) is 9.71 Å². The van der Waals surface area contributed by atoms with E-state index in [1.165, 1.54) is 11.3 Å². The van der Waals surface area contributed by atoms with Crippen molar-refractivity contribution in [1.29, 1.82) is 0 Å².